The van der Waals surface area contributed by atoms with Crippen LogP contribution in [0.15, 0.2) is 24.3 Å². The van der Waals surface area contributed by atoms with Gasteiger partial charge in [0.1, 0.15) is 0 Å². The lowest BCUT2D eigenvalue weighted by atomic mass is 9.82. The number of aliphatic hydroxyl groups excluding tert-OH is 1. The molecule has 0 aromatic carbocycles. The first-order chi connectivity index (χ1) is 5.02. The molecule has 0 aromatic heterocycles. The lowest BCUT2D eigenvalue weighted by Crippen LogP contribution is -2.31. The molecule has 0 radical (unpaired) electrons. The van der Waals surface area contributed by atoms with Crippen molar-refractivity contribution in [3.8, 4) is 0 Å². The van der Waals surface area contributed by atoms with E-state index in [9.17, 15) is 5.11 Å². The summed E-state index contributed by atoms with van der Waals surface area (Å²) in [5.74, 6) is 0.218. The zero-order chi connectivity index (χ0) is 8.48. The van der Waals surface area contributed by atoms with Crippen molar-refractivity contribution >= 4 is 0 Å². The average Bonchev–Trinajstić information content (AvgIpc) is 2.34. The first kappa shape index (κ1) is 8.54. The molecule has 1 N–H and O–H groups in total. The molecule has 1 rings (SSSR count). The standard InChI is InChI=1S/C10H16O/c1-10(2,3)9(11)8-6-4-5-7-8/h4-9,11H,1-3H3. The Morgan fingerprint density at radius 2 is 1.64 bits per heavy atom. The van der Waals surface area contributed by atoms with Crippen LogP contribution in [-0.2, 0) is 0 Å². The summed E-state index contributed by atoms with van der Waals surface area (Å²) < 4.78 is 0. The Kier molecular flexibility index (Phi) is 2.19. The van der Waals surface area contributed by atoms with Gasteiger partial charge in [-0.15, -0.1) is 0 Å². The molecule has 1 aliphatic carbocycles. The minimum atomic E-state index is -0.266. The number of rotatable bonds is 1. The molecule has 0 spiro atoms. The number of aliphatic hydroxyl groups is 1. The average molecular weight is 152 g/mol. The molecule has 62 valence electrons. The van der Waals surface area contributed by atoms with Gasteiger partial charge >= 0.3 is 0 Å². The molecule has 0 saturated heterocycles. The molecule has 0 saturated carbocycles. The summed E-state index contributed by atoms with van der Waals surface area (Å²) in [6.07, 6.45) is 7.78. The van der Waals surface area contributed by atoms with Crippen molar-refractivity contribution in [2.24, 2.45) is 11.3 Å². The van der Waals surface area contributed by atoms with E-state index in [1.807, 2.05) is 24.3 Å². The topological polar surface area (TPSA) is 20.2 Å². The molecule has 0 amide bonds. The van der Waals surface area contributed by atoms with E-state index in [0.717, 1.165) is 0 Å². The Hall–Kier alpha value is -0.560. The molecule has 11 heavy (non-hydrogen) atoms. The van der Waals surface area contributed by atoms with Gasteiger partial charge in [0.2, 0.25) is 0 Å². The maximum atomic E-state index is 9.78. The summed E-state index contributed by atoms with van der Waals surface area (Å²) in [4.78, 5) is 0. The Labute approximate surface area is 68.4 Å². The maximum absolute atomic E-state index is 9.78. The van der Waals surface area contributed by atoms with Crippen molar-refractivity contribution < 1.29 is 5.11 Å². The van der Waals surface area contributed by atoms with E-state index in [1.165, 1.54) is 0 Å². The molecule has 0 fully saturated rings. The van der Waals surface area contributed by atoms with Crippen LogP contribution in [-0.4, -0.2) is 11.2 Å². The fourth-order valence-electron chi connectivity index (χ4n) is 1.24. The van der Waals surface area contributed by atoms with Gasteiger partial charge in [0, 0.05) is 5.92 Å². The van der Waals surface area contributed by atoms with Gasteiger partial charge in [-0.3, -0.25) is 0 Å². The highest BCUT2D eigenvalue weighted by molar-refractivity contribution is 5.19. The molecule has 1 aliphatic rings. The van der Waals surface area contributed by atoms with Crippen LogP contribution < -0.4 is 0 Å². The zero-order valence-electron chi connectivity index (χ0n) is 7.41. The van der Waals surface area contributed by atoms with E-state index in [-0.39, 0.29) is 17.4 Å². The fraction of sp³-hybridized carbons (Fsp3) is 0.600. The predicted octanol–water partition coefficient (Wildman–Crippen LogP) is 2.14. The highest BCUT2D eigenvalue weighted by Crippen LogP contribution is 2.28. The van der Waals surface area contributed by atoms with Crippen molar-refractivity contribution in [2.75, 3.05) is 0 Å². The minimum absolute atomic E-state index is 0.0241. The van der Waals surface area contributed by atoms with Crippen LogP contribution in [0.2, 0.25) is 0 Å². The summed E-state index contributed by atoms with van der Waals surface area (Å²) in [6.45, 7) is 6.16. The highest BCUT2D eigenvalue weighted by atomic mass is 16.3. The fourth-order valence-corrected chi connectivity index (χ4v) is 1.24. The molecule has 0 aromatic rings. The number of allylic oxidation sites excluding steroid dienone is 2. The second kappa shape index (κ2) is 2.82. The van der Waals surface area contributed by atoms with Crippen molar-refractivity contribution in [2.45, 2.75) is 26.9 Å². The van der Waals surface area contributed by atoms with E-state index in [4.69, 9.17) is 0 Å². The number of hydrogen-bond acceptors (Lipinski definition) is 1. The SMILES string of the molecule is CC(C)(C)C(O)C1C=CC=C1. The summed E-state index contributed by atoms with van der Waals surface area (Å²) in [5, 5.41) is 9.78. The van der Waals surface area contributed by atoms with E-state index >= 15 is 0 Å². The first-order valence-corrected chi connectivity index (χ1v) is 4.05. The summed E-state index contributed by atoms with van der Waals surface area (Å²) in [7, 11) is 0. The molecule has 1 heteroatoms. The van der Waals surface area contributed by atoms with Gasteiger partial charge in [-0.05, 0) is 5.41 Å². The van der Waals surface area contributed by atoms with E-state index in [1.54, 1.807) is 0 Å². The largest absolute Gasteiger partial charge is 0.392 e. The second-order valence-corrected chi connectivity index (χ2v) is 4.16. The quantitative estimate of drug-likeness (QED) is 0.610. The van der Waals surface area contributed by atoms with Crippen molar-refractivity contribution in [1.82, 2.24) is 0 Å². The molecule has 0 aliphatic heterocycles. The molecule has 1 atom stereocenters. The second-order valence-electron chi connectivity index (χ2n) is 4.16. The van der Waals surface area contributed by atoms with E-state index in [0.29, 0.717) is 0 Å². The van der Waals surface area contributed by atoms with Gasteiger partial charge in [0.25, 0.3) is 0 Å². The van der Waals surface area contributed by atoms with Crippen molar-refractivity contribution in [3.05, 3.63) is 24.3 Å². The lowest BCUT2D eigenvalue weighted by Gasteiger charge is -2.28. The van der Waals surface area contributed by atoms with Crippen LogP contribution in [0.25, 0.3) is 0 Å². The Balaban J connectivity index is 2.61. The molecular formula is C10H16O. The zero-order valence-corrected chi connectivity index (χ0v) is 7.41. The van der Waals surface area contributed by atoms with Crippen LogP contribution >= 0.6 is 0 Å². The van der Waals surface area contributed by atoms with E-state index < -0.39 is 0 Å². The highest BCUT2D eigenvalue weighted by Gasteiger charge is 2.27. The van der Waals surface area contributed by atoms with Gasteiger partial charge in [0.15, 0.2) is 0 Å². The molecule has 1 unspecified atom stereocenters. The summed E-state index contributed by atoms with van der Waals surface area (Å²) >= 11 is 0. The van der Waals surface area contributed by atoms with Gasteiger partial charge in [-0.25, -0.2) is 0 Å². The monoisotopic (exact) mass is 152 g/mol. The number of hydrogen-bond donors (Lipinski definition) is 1. The molecule has 1 nitrogen and oxygen atoms in total. The van der Waals surface area contributed by atoms with Crippen LogP contribution in [0, 0.1) is 11.3 Å². The van der Waals surface area contributed by atoms with Gasteiger partial charge in [0.05, 0.1) is 6.10 Å². The minimum Gasteiger partial charge on any atom is -0.392 e. The predicted molar refractivity (Wildman–Crippen MR) is 47.2 cm³/mol. The summed E-state index contributed by atoms with van der Waals surface area (Å²) in [5.41, 5.74) is -0.0241. The molecule has 0 bridgehead atoms. The lowest BCUT2D eigenvalue weighted by molar-refractivity contribution is 0.0428. The van der Waals surface area contributed by atoms with Crippen molar-refractivity contribution in [1.29, 1.82) is 0 Å². The van der Waals surface area contributed by atoms with Crippen LogP contribution in [0.4, 0.5) is 0 Å². The Morgan fingerprint density at radius 3 is 2.00 bits per heavy atom. The third-order valence-electron chi connectivity index (χ3n) is 2.03. The van der Waals surface area contributed by atoms with Gasteiger partial charge in [-0.2, -0.15) is 0 Å². The van der Waals surface area contributed by atoms with Crippen LogP contribution in [0.3, 0.4) is 0 Å². The van der Waals surface area contributed by atoms with E-state index in [2.05, 4.69) is 20.8 Å². The molecular weight excluding hydrogens is 136 g/mol. The Bertz CT molecular complexity index is 172. The normalized spacial score (nSPS) is 21.1. The smallest absolute Gasteiger partial charge is 0.0685 e. The van der Waals surface area contributed by atoms with Gasteiger partial charge < -0.3 is 5.11 Å². The Morgan fingerprint density at radius 1 is 1.18 bits per heavy atom. The maximum Gasteiger partial charge on any atom is 0.0685 e. The third kappa shape index (κ3) is 1.93. The van der Waals surface area contributed by atoms with Crippen LogP contribution in [0.1, 0.15) is 20.8 Å². The van der Waals surface area contributed by atoms with Crippen molar-refractivity contribution in [3.63, 3.8) is 0 Å². The van der Waals surface area contributed by atoms with Gasteiger partial charge in [-0.1, -0.05) is 45.1 Å². The third-order valence-corrected chi connectivity index (χ3v) is 2.03. The molecule has 0 heterocycles. The summed E-state index contributed by atoms with van der Waals surface area (Å²) in [6, 6.07) is 0. The first-order valence-electron chi connectivity index (χ1n) is 4.05. The van der Waals surface area contributed by atoms with Crippen LogP contribution in [0.5, 0.6) is 0 Å².